The van der Waals surface area contributed by atoms with Crippen LogP contribution in [0.4, 0.5) is 8.78 Å². The lowest BCUT2D eigenvalue weighted by atomic mass is 10.1. The predicted octanol–water partition coefficient (Wildman–Crippen LogP) is 4.00. The molecule has 0 radical (unpaired) electrons. The molecule has 0 aliphatic rings. The Morgan fingerprint density at radius 1 is 1.20 bits per heavy atom. The van der Waals surface area contributed by atoms with Gasteiger partial charge in [-0.2, -0.15) is 0 Å². The summed E-state index contributed by atoms with van der Waals surface area (Å²) < 4.78 is 27.1. The zero-order valence-electron chi connectivity index (χ0n) is 10.7. The molecule has 0 atom stereocenters. The number of hydrogen-bond donors (Lipinski definition) is 0. The van der Waals surface area contributed by atoms with E-state index < -0.39 is 11.6 Å². The maximum absolute atomic E-state index is 13.6. The minimum absolute atomic E-state index is 0.0757. The Kier molecular flexibility index (Phi) is 4.49. The highest BCUT2D eigenvalue weighted by Crippen LogP contribution is 2.19. The van der Waals surface area contributed by atoms with Crippen LogP contribution >= 0.6 is 15.9 Å². The van der Waals surface area contributed by atoms with Gasteiger partial charge in [-0.05, 0) is 34.1 Å². The van der Waals surface area contributed by atoms with E-state index >= 15 is 0 Å². The molecule has 0 unspecified atom stereocenters. The molecule has 104 valence electrons. The summed E-state index contributed by atoms with van der Waals surface area (Å²) in [6.07, 6.45) is 0. The smallest absolute Gasteiger partial charge is 0.255 e. The van der Waals surface area contributed by atoms with Gasteiger partial charge in [-0.1, -0.05) is 18.2 Å². The molecular weight excluding hydrogens is 328 g/mol. The van der Waals surface area contributed by atoms with Crippen molar-refractivity contribution in [3.63, 3.8) is 0 Å². The van der Waals surface area contributed by atoms with Crippen molar-refractivity contribution in [1.82, 2.24) is 4.90 Å². The summed E-state index contributed by atoms with van der Waals surface area (Å²) in [6, 6.07) is 10.3. The first-order valence-corrected chi connectivity index (χ1v) is 6.72. The lowest BCUT2D eigenvalue weighted by Crippen LogP contribution is -2.27. The van der Waals surface area contributed by atoms with Crippen molar-refractivity contribution >= 4 is 21.8 Å². The third-order valence-corrected chi connectivity index (χ3v) is 3.57. The van der Waals surface area contributed by atoms with Gasteiger partial charge in [0, 0.05) is 29.7 Å². The van der Waals surface area contributed by atoms with Gasteiger partial charge in [0.15, 0.2) is 0 Å². The molecule has 0 fully saturated rings. The second-order valence-electron chi connectivity index (χ2n) is 4.38. The van der Waals surface area contributed by atoms with Crippen LogP contribution in [0.1, 0.15) is 15.9 Å². The molecule has 0 spiro atoms. The molecule has 1 amide bonds. The number of carbonyl (C=O) groups is 1. The monoisotopic (exact) mass is 339 g/mol. The number of hydrogen-bond acceptors (Lipinski definition) is 1. The fourth-order valence-corrected chi connectivity index (χ4v) is 2.27. The van der Waals surface area contributed by atoms with Crippen LogP contribution in [0.25, 0.3) is 0 Å². The molecule has 2 aromatic carbocycles. The Balaban J connectivity index is 2.18. The van der Waals surface area contributed by atoms with E-state index in [1.54, 1.807) is 31.3 Å². The van der Waals surface area contributed by atoms with Gasteiger partial charge in [-0.3, -0.25) is 4.79 Å². The molecular formula is C15H12BrF2NO. The van der Waals surface area contributed by atoms with E-state index in [4.69, 9.17) is 0 Å². The number of carbonyl (C=O) groups excluding carboxylic acids is 1. The molecule has 0 aliphatic heterocycles. The highest BCUT2D eigenvalue weighted by molar-refractivity contribution is 9.10. The molecule has 2 aromatic rings. The summed E-state index contributed by atoms with van der Waals surface area (Å²) in [5.41, 5.74) is 0.770. The minimum Gasteiger partial charge on any atom is -0.337 e. The van der Waals surface area contributed by atoms with Crippen molar-refractivity contribution in [3.05, 3.63) is 69.7 Å². The lowest BCUT2D eigenvalue weighted by Gasteiger charge is -2.18. The van der Waals surface area contributed by atoms with Gasteiger partial charge in [0.1, 0.15) is 11.6 Å². The van der Waals surface area contributed by atoms with E-state index in [1.165, 1.54) is 17.0 Å². The summed E-state index contributed by atoms with van der Waals surface area (Å²) in [6.45, 7) is 0.0757. The van der Waals surface area contributed by atoms with Crippen LogP contribution < -0.4 is 0 Å². The van der Waals surface area contributed by atoms with E-state index in [0.29, 0.717) is 10.0 Å². The van der Waals surface area contributed by atoms with Gasteiger partial charge in [0.2, 0.25) is 0 Å². The van der Waals surface area contributed by atoms with Crippen molar-refractivity contribution in [2.45, 2.75) is 6.54 Å². The summed E-state index contributed by atoms with van der Waals surface area (Å²) >= 11 is 3.30. The van der Waals surface area contributed by atoms with Crippen molar-refractivity contribution < 1.29 is 13.6 Å². The molecule has 0 heterocycles. The molecule has 2 rings (SSSR count). The van der Waals surface area contributed by atoms with Crippen molar-refractivity contribution in [1.29, 1.82) is 0 Å². The normalized spacial score (nSPS) is 10.4. The molecule has 5 heteroatoms. The van der Waals surface area contributed by atoms with Crippen LogP contribution in [0, 0.1) is 11.6 Å². The molecule has 0 aliphatic carbocycles. The summed E-state index contributed by atoms with van der Waals surface area (Å²) in [7, 11) is 1.57. The first-order valence-electron chi connectivity index (χ1n) is 5.93. The van der Waals surface area contributed by atoms with Crippen molar-refractivity contribution in [3.8, 4) is 0 Å². The second-order valence-corrected chi connectivity index (χ2v) is 5.23. The average molecular weight is 340 g/mol. The minimum atomic E-state index is -0.656. The Bertz CT molecular complexity index is 646. The molecule has 0 saturated carbocycles. The summed E-state index contributed by atoms with van der Waals surface area (Å²) in [4.78, 5) is 13.6. The van der Waals surface area contributed by atoms with E-state index in [2.05, 4.69) is 15.9 Å². The Hall–Kier alpha value is -1.75. The van der Waals surface area contributed by atoms with E-state index in [9.17, 15) is 13.6 Å². The zero-order valence-corrected chi connectivity index (χ0v) is 12.3. The fourth-order valence-electron chi connectivity index (χ4n) is 1.82. The first-order chi connectivity index (χ1) is 9.49. The van der Waals surface area contributed by atoms with Crippen LogP contribution in [0.2, 0.25) is 0 Å². The lowest BCUT2D eigenvalue weighted by molar-refractivity contribution is 0.0783. The predicted molar refractivity (Wildman–Crippen MR) is 76.3 cm³/mol. The summed E-state index contributed by atoms with van der Waals surface area (Å²) in [5.74, 6) is -1.52. The third-order valence-electron chi connectivity index (χ3n) is 2.87. The van der Waals surface area contributed by atoms with Gasteiger partial charge < -0.3 is 4.90 Å². The zero-order chi connectivity index (χ0) is 14.7. The van der Waals surface area contributed by atoms with Crippen LogP contribution in [0.5, 0.6) is 0 Å². The maximum Gasteiger partial charge on any atom is 0.255 e. The maximum atomic E-state index is 13.6. The van der Waals surface area contributed by atoms with Gasteiger partial charge in [0.25, 0.3) is 5.91 Å². The van der Waals surface area contributed by atoms with Crippen molar-refractivity contribution in [2.75, 3.05) is 7.05 Å². The molecule has 20 heavy (non-hydrogen) atoms. The Labute approximate surface area is 124 Å². The van der Waals surface area contributed by atoms with Gasteiger partial charge >= 0.3 is 0 Å². The number of benzene rings is 2. The Morgan fingerprint density at radius 3 is 2.55 bits per heavy atom. The highest BCUT2D eigenvalue weighted by atomic mass is 79.9. The molecule has 0 aromatic heterocycles. The second kappa shape index (κ2) is 6.13. The van der Waals surface area contributed by atoms with E-state index in [-0.39, 0.29) is 18.0 Å². The van der Waals surface area contributed by atoms with Gasteiger partial charge in [-0.15, -0.1) is 0 Å². The standard InChI is InChI=1S/C15H12BrF2NO/c1-19(9-10-6-7-11(17)8-14(10)18)15(20)12-4-2-3-5-13(12)16/h2-8H,9H2,1H3. The van der Waals surface area contributed by atoms with Crippen LogP contribution in [0.15, 0.2) is 46.9 Å². The highest BCUT2D eigenvalue weighted by Gasteiger charge is 2.16. The topological polar surface area (TPSA) is 20.3 Å². The molecule has 0 N–H and O–H groups in total. The first kappa shape index (κ1) is 14.7. The van der Waals surface area contributed by atoms with Crippen LogP contribution in [-0.2, 0) is 6.54 Å². The Morgan fingerprint density at radius 2 is 1.90 bits per heavy atom. The van der Waals surface area contributed by atoms with Gasteiger partial charge in [-0.25, -0.2) is 8.78 Å². The van der Waals surface area contributed by atoms with Crippen LogP contribution in [0.3, 0.4) is 0 Å². The number of halogens is 3. The van der Waals surface area contributed by atoms with Crippen LogP contribution in [-0.4, -0.2) is 17.9 Å². The van der Waals surface area contributed by atoms with E-state index in [1.807, 2.05) is 0 Å². The van der Waals surface area contributed by atoms with Gasteiger partial charge in [0.05, 0.1) is 5.56 Å². The SMILES string of the molecule is CN(Cc1ccc(F)cc1F)C(=O)c1ccccc1Br. The molecule has 0 saturated heterocycles. The average Bonchev–Trinajstić information content (AvgIpc) is 2.41. The summed E-state index contributed by atoms with van der Waals surface area (Å²) in [5, 5.41) is 0. The number of rotatable bonds is 3. The van der Waals surface area contributed by atoms with Crippen molar-refractivity contribution in [2.24, 2.45) is 0 Å². The largest absolute Gasteiger partial charge is 0.337 e. The fraction of sp³-hybridized carbons (Fsp3) is 0.133. The third kappa shape index (κ3) is 3.22. The quantitative estimate of drug-likeness (QED) is 0.827. The number of amides is 1. The van der Waals surface area contributed by atoms with E-state index in [0.717, 1.165) is 6.07 Å². The molecule has 0 bridgehead atoms. The number of nitrogens with zero attached hydrogens (tertiary/aromatic N) is 1. The molecule has 2 nitrogen and oxygen atoms in total.